The second-order valence-electron chi connectivity index (χ2n) is 7.46. The molecule has 0 aliphatic heterocycles. The summed E-state index contributed by atoms with van der Waals surface area (Å²) in [6, 6.07) is 23.6. The maximum absolute atomic E-state index is 11.6. The van der Waals surface area contributed by atoms with Crippen molar-refractivity contribution in [2.45, 2.75) is 25.7 Å². The van der Waals surface area contributed by atoms with Crippen LogP contribution in [0.4, 0.5) is 0 Å². The molecule has 0 saturated carbocycles. The molecule has 0 aliphatic rings. The summed E-state index contributed by atoms with van der Waals surface area (Å²) in [5.74, 6) is 0.362. The van der Waals surface area contributed by atoms with E-state index in [9.17, 15) is 15.0 Å². The molecule has 3 rings (SSSR count). The van der Waals surface area contributed by atoms with Gasteiger partial charge in [-0.15, -0.1) is 0 Å². The lowest BCUT2D eigenvalue weighted by Crippen LogP contribution is -2.29. The molecular formula is C27H29NO7. The van der Waals surface area contributed by atoms with Crippen LogP contribution < -0.4 is 15.0 Å². The van der Waals surface area contributed by atoms with E-state index in [1.165, 1.54) is 7.11 Å². The van der Waals surface area contributed by atoms with Crippen molar-refractivity contribution in [2.75, 3.05) is 13.7 Å². The second-order valence-corrected chi connectivity index (χ2v) is 7.46. The maximum atomic E-state index is 11.6. The third-order valence-electron chi connectivity index (χ3n) is 4.99. The second kappa shape index (κ2) is 13.1. The van der Waals surface area contributed by atoms with Crippen molar-refractivity contribution >= 4 is 11.7 Å². The Bertz CT molecular complexity index is 1080. The van der Waals surface area contributed by atoms with Crippen molar-refractivity contribution < 1.29 is 34.1 Å². The van der Waals surface area contributed by atoms with Gasteiger partial charge in [0.05, 0.1) is 13.7 Å². The van der Waals surface area contributed by atoms with Crippen molar-refractivity contribution in [3.8, 4) is 11.5 Å². The fraction of sp³-hybridized carbons (Fsp3) is 0.222. The zero-order valence-electron chi connectivity index (χ0n) is 19.6. The van der Waals surface area contributed by atoms with Gasteiger partial charge in [-0.2, -0.15) is 0 Å². The number of hydrogen-bond acceptors (Lipinski definition) is 8. The Hall–Kier alpha value is -3.85. The largest absolute Gasteiger partial charge is 0.489 e. The van der Waals surface area contributed by atoms with Gasteiger partial charge in [-0.05, 0) is 42.3 Å². The molecule has 2 atom stereocenters. The molecule has 184 valence electrons. The third-order valence-corrected chi connectivity index (χ3v) is 4.99. The molecule has 0 amide bonds. The van der Waals surface area contributed by atoms with Gasteiger partial charge in [0.15, 0.2) is 6.10 Å². The summed E-state index contributed by atoms with van der Waals surface area (Å²) in [4.78, 5) is 16.6. The van der Waals surface area contributed by atoms with Gasteiger partial charge in [0.1, 0.15) is 36.2 Å². The molecule has 0 fully saturated rings. The Morgan fingerprint density at radius 1 is 0.943 bits per heavy atom. The van der Waals surface area contributed by atoms with Crippen LogP contribution in [0, 0.1) is 0 Å². The summed E-state index contributed by atoms with van der Waals surface area (Å²) in [6.45, 7) is 2.08. The molecular weight excluding hydrogens is 450 g/mol. The van der Waals surface area contributed by atoms with Crippen molar-refractivity contribution in [3.05, 3.63) is 102 Å². The number of carbonyl (C=O) groups is 1. The molecule has 2 unspecified atom stereocenters. The van der Waals surface area contributed by atoms with Gasteiger partial charge in [-0.25, -0.2) is 4.79 Å². The van der Waals surface area contributed by atoms with E-state index in [-0.39, 0.29) is 6.61 Å². The maximum Gasteiger partial charge on any atom is 0.338 e. The van der Waals surface area contributed by atoms with E-state index in [0.717, 1.165) is 11.1 Å². The van der Waals surface area contributed by atoms with Crippen LogP contribution in [-0.4, -0.2) is 36.0 Å². The molecule has 3 aromatic rings. The highest BCUT2D eigenvalue weighted by atomic mass is 16.6. The number of esters is 1. The molecule has 0 aliphatic carbocycles. The number of benzene rings is 3. The van der Waals surface area contributed by atoms with Gasteiger partial charge >= 0.3 is 5.97 Å². The Balaban J connectivity index is 1.54. The monoisotopic (exact) mass is 479 g/mol. The van der Waals surface area contributed by atoms with Gasteiger partial charge in [-0.1, -0.05) is 54.6 Å². The molecule has 35 heavy (non-hydrogen) atoms. The molecule has 0 spiro atoms. The lowest BCUT2D eigenvalue weighted by Gasteiger charge is -2.17. The van der Waals surface area contributed by atoms with Crippen molar-refractivity contribution in [3.63, 3.8) is 0 Å². The zero-order chi connectivity index (χ0) is 25.0. The van der Waals surface area contributed by atoms with Gasteiger partial charge in [-0.3, -0.25) is 10.3 Å². The molecule has 0 bridgehead atoms. The topological polar surface area (TPSA) is 106 Å². The Labute approximate surface area is 204 Å². The molecule has 3 N–H and O–H groups in total. The number of hydroxylamine groups is 1. The summed E-state index contributed by atoms with van der Waals surface area (Å²) >= 11 is 0. The van der Waals surface area contributed by atoms with Crippen LogP contribution in [0.25, 0.3) is 5.70 Å². The standard InChI is InChI=1S/C27H29NO7/c1-3-33-27(31)26(30)25(29)21-11-15-23(16-12-21)34-17-19-9-13-22(14-10-19)35-18-24(28-32-2)20-7-5-4-6-8-20/h4-16,18,25-26,28-30H,3,17H2,1-2H3. The van der Waals surface area contributed by atoms with Crippen LogP contribution in [0.2, 0.25) is 0 Å². The van der Waals surface area contributed by atoms with E-state index in [1.807, 2.05) is 54.6 Å². The molecule has 0 radical (unpaired) electrons. The highest BCUT2D eigenvalue weighted by Gasteiger charge is 2.26. The van der Waals surface area contributed by atoms with Crippen molar-refractivity contribution in [1.29, 1.82) is 0 Å². The minimum atomic E-state index is -1.65. The van der Waals surface area contributed by atoms with E-state index in [1.54, 1.807) is 37.5 Å². The number of aliphatic hydroxyl groups is 2. The summed E-state index contributed by atoms with van der Waals surface area (Å²) < 4.78 is 16.3. The Morgan fingerprint density at radius 2 is 1.60 bits per heavy atom. The van der Waals surface area contributed by atoms with E-state index in [2.05, 4.69) is 5.48 Å². The lowest BCUT2D eigenvalue weighted by molar-refractivity contribution is -0.159. The van der Waals surface area contributed by atoms with Gasteiger partial charge in [0.25, 0.3) is 0 Å². The number of aliphatic hydroxyl groups excluding tert-OH is 2. The first-order valence-corrected chi connectivity index (χ1v) is 11.1. The number of rotatable bonds is 12. The normalized spacial score (nSPS) is 13.0. The molecule has 8 nitrogen and oxygen atoms in total. The number of hydrogen-bond donors (Lipinski definition) is 3. The zero-order valence-corrected chi connectivity index (χ0v) is 19.6. The average molecular weight is 480 g/mol. The van der Waals surface area contributed by atoms with Crippen LogP contribution in [0.3, 0.4) is 0 Å². The minimum Gasteiger partial charge on any atom is -0.489 e. The van der Waals surface area contributed by atoms with Crippen LogP contribution >= 0.6 is 0 Å². The summed E-state index contributed by atoms with van der Waals surface area (Å²) in [5.41, 5.74) is 5.73. The fourth-order valence-electron chi connectivity index (χ4n) is 3.14. The van der Waals surface area contributed by atoms with E-state index in [4.69, 9.17) is 19.0 Å². The van der Waals surface area contributed by atoms with E-state index in [0.29, 0.717) is 29.4 Å². The molecule has 0 heterocycles. The van der Waals surface area contributed by atoms with Crippen molar-refractivity contribution in [2.24, 2.45) is 0 Å². The van der Waals surface area contributed by atoms with Crippen LogP contribution in [0.15, 0.2) is 85.1 Å². The lowest BCUT2D eigenvalue weighted by atomic mass is 10.0. The van der Waals surface area contributed by atoms with E-state index >= 15 is 0 Å². The Morgan fingerprint density at radius 3 is 2.23 bits per heavy atom. The van der Waals surface area contributed by atoms with Crippen molar-refractivity contribution in [1.82, 2.24) is 5.48 Å². The van der Waals surface area contributed by atoms with Crippen LogP contribution in [0.1, 0.15) is 29.7 Å². The fourth-order valence-corrected chi connectivity index (χ4v) is 3.14. The first-order chi connectivity index (χ1) is 17.0. The number of nitrogens with one attached hydrogen (secondary N) is 1. The van der Waals surface area contributed by atoms with Crippen LogP contribution in [-0.2, 0) is 21.0 Å². The minimum absolute atomic E-state index is 0.124. The van der Waals surface area contributed by atoms with Gasteiger partial charge < -0.3 is 24.4 Å². The number of ether oxygens (including phenoxy) is 3. The average Bonchev–Trinajstić information content (AvgIpc) is 2.90. The molecule has 0 aromatic heterocycles. The predicted octanol–water partition coefficient (Wildman–Crippen LogP) is 3.75. The molecule has 0 saturated heterocycles. The Kier molecular flexibility index (Phi) is 9.68. The highest BCUT2D eigenvalue weighted by Crippen LogP contribution is 2.22. The smallest absolute Gasteiger partial charge is 0.338 e. The third kappa shape index (κ3) is 7.58. The quantitative estimate of drug-likeness (QED) is 0.205. The van der Waals surface area contributed by atoms with Crippen LogP contribution in [0.5, 0.6) is 11.5 Å². The highest BCUT2D eigenvalue weighted by molar-refractivity contribution is 5.75. The first kappa shape index (κ1) is 25.8. The SMILES string of the molecule is CCOC(=O)C(O)C(O)c1ccc(OCc2ccc(OC=C(NOC)c3ccccc3)cc2)cc1. The summed E-state index contributed by atoms with van der Waals surface area (Å²) in [5, 5.41) is 20.1. The predicted molar refractivity (Wildman–Crippen MR) is 130 cm³/mol. The number of carbonyl (C=O) groups excluding carboxylic acids is 1. The van der Waals surface area contributed by atoms with Gasteiger partial charge in [0, 0.05) is 5.56 Å². The summed E-state index contributed by atoms with van der Waals surface area (Å²) in [6.07, 6.45) is -1.45. The summed E-state index contributed by atoms with van der Waals surface area (Å²) in [7, 11) is 1.54. The van der Waals surface area contributed by atoms with E-state index < -0.39 is 18.2 Å². The van der Waals surface area contributed by atoms with Gasteiger partial charge in [0.2, 0.25) is 0 Å². The first-order valence-electron chi connectivity index (χ1n) is 11.1. The molecule has 8 heteroatoms. The molecule has 3 aromatic carbocycles.